The quantitative estimate of drug-likeness (QED) is 0.671. The number of aromatic nitrogens is 3. The first-order valence-electron chi connectivity index (χ1n) is 7.31. The predicted molar refractivity (Wildman–Crippen MR) is 100 cm³/mol. The van der Waals surface area contributed by atoms with Gasteiger partial charge in [0.2, 0.25) is 0 Å². The summed E-state index contributed by atoms with van der Waals surface area (Å²) < 4.78 is 28.3. The number of nitrogens with one attached hydrogen (secondary N) is 2. The maximum Gasteiger partial charge on any atom is 0.275 e. The van der Waals surface area contributed by atoms with Gasteiger partial charge in [-0.2, -0.15) is 5.10 Å². The summed E-state index contributed by atoms with van der Waals surface area (Å²) in [6.07, 6.45) is 1.51. The van der Waals surface area contributed by atoms with Crippen LogP contribution in [-0.2, 0) is 17.1 Å². The number of carbonyl (C=O) groups is 1. The molecule has 136 valence electrons. The fourth-order valence-electron chi connectivity index (χ4n) is 2.23. The molecule has 2 aromatic heterocycles. The molecule has 26 heavy (non-hydrogen) atoms. The Labute approximate surface area is 158 Å². The van der Waals surface area contributed by atoms with Crippen LogP contribution in [0.2, 0.25) is 5.02 Å². The molecule has 0 aliphatic rings. The number of sulfonamides is 1. The van der Waals surface area contributed by atoms with E-state index in [1.54, 1.807) is 19.4 Å². The number of anilines is 2. The van der Waals surface area contributed by atoms with Crippen molar-refractivity contribution in [1.82, 2.24) is 14.8 Å². The summed E-state index contributed by atoms with van der Waals surface area (Å²) in [5.74, 6) is -0.436. The second-order valence-corrected chi connectivity index (χ2v) is 8.25. The first-order valence-corrected chi connectivity index (χ1v) is 10.0. The average Bonchev–Trinajstić information content (AvgIpc) is 3.15. The number of aryl methyl sites for hydroxylation is 2. The van der Waals surface area contributed by atoms with Gasteiger partial charge in [0.05, 0.1) is 15.6 Å². The molecule has 8 nitrogen and oxygen atoms in total. The molecule has 0 spiro atoms. The van der Waals surface area contributed by atoms with Gasteiger partial charge >= 0.3 is 0 Å². The van der Waals surface area contributed by atoms with Gasteiger partial charge in [0.15, 0.2) is 5.13 Å². The van der Waals surface area contributed by atoms with Crippen molar-refractivity contribution in [2.45, 2.75) is 11.8 Å². The van der Waals surface area contributed by atoms with Crippen molar-refractivity contribution in [1.29, 1.82) is 0 Å². The normalized spacial score (nSPS) is 11.3. The maximum atomic E-state index is 12.4. The first-order chi connectivity index (χ1) is 12.3. The van der Waals surface area contributed by atoms with E-state index in [1.807, 2.05) is 0 Å². The lowest BCUT2D eigenvalue weighted by Gasteiger charge is -2.08. The molecule has 1 amide bonds. The highest BCUT2D eigenvalue weighted by atomic mass is 35.5. The molecule has 0 aliphatic heterocycles. The molecule has 0 bridgehead atoms. The zero-order chi connectivity index (χ0) is 18.9. The summed E-state index contributed by atoms with van der Waals surface area (Å²) in [6, 6.07) is 5.76. The second-order valence-electron chi connectivity index (χ2n) is 5.29. The van der Waals surface area contributed by atoms with Crippen LogP contribution in [0.25, 0.3) is 0 Å². The van der Waals surface area contributed by atoms with E-state index in [4.69, 9.17) is 11.6 Å². The summed E-state index contributed by atoms with van der Waals surface area (Å²) >= 11 is 7.27. The van der Waals surface area contributed by atoms with Gasteiger partial charge in [0.1, 0.15) is 5.69 Å². The Morgan fingerprint density at radius 2 is 1.96 bits per heavy atom. The number of halogens is 1. The van der Waals surface area contributed by atoms with Crippen LogP contribution in [0.4, 0.5) is 10.8 Å². The molecule has 0 atom stereocenters. The van der Waals surface area contributed by atoms with Crippen molar-refractivity contribution < 1.29 is 13.2 Å². The molecule has 2 heterocycles. The topological polar surface area (TPSA) is 106 Å². The van der Waals surface area contributed by atoms with Crippen LogP contribution in [0.15, 0.2) is 40.7 Å². The van der Waals surface area contributed by atoms with Crippen molar-refractivity contribution in [2.75, 3.05) is 10.0 Å². The van der Waals surface area contributed by atoms with Gasteiger partial charge in [-0.3, -0.25) is 14.2 Å². The van der Waals surface area contributed by atoms with Gasteiger partial charge in [-0.15, -0.1) is 11.3 Å². The molecule has 11 heteroatoms. The highest BCUT2D eigenvalue weighted by Crippen LogP contribution is 2.22. The number of thiazole rings is 1. The third-order valence-corrected chi connectivity index (χ3v) is 6.07. The summed E-state index contributed by atoms with van der Waals surface area (Å²) in [4.78, 5) is 16.3. The van der Waals surface area contributed by atoms with E-state index >= 15 is 0 Å². The SMILES string of the molecule is Cc1nn(C)c(C(=O)Nc2ccc(S(=O)(=O)Nc3nccs3)cc2)c1Cl. The maximum absolute atomic E-state index is 12.4. The lowest BCUT2D eigenvalue weighted by molar-refractivity contribution is 0.101. The second kappa shape index (κ2) is 7.06. The van der Waals surface area contributed by atoms with Gasteiger partial charge in [-0.25, -0.2) is 13.4 Å². The van der Waals surface area contributed by atoms with E-state index in [0.717, 1.165) is 0 Å². The van der Waals surface area contributed by atoms with Crippen molar-refractivity contribution >= 4 is 49.7 Å². The molecular weight excluding hydrogens is 398 g/mol. The zero-order valence-corrected chi connectivity index (χ0v) is 16.1. The molecule has 2 N–H and O–H groups in total. The fourth-order valence-corrected chi connectivity index (χ4v) is 4.27. The molecule has 0 unspecified atom stereocenters. The molecular formula is C15H14ClN5O3S2. The first kappa shape index (κ1) is 18.4. The molecule has 3 rings (SSSR count). The van der Waals surface area contributed by atoms with Crippen LogP contribution in [0, 0.1) is 6.92 Å². The van der Waals surface area contributed by atoms with Crippen LogP contribution in [0.5, 0.6) is 0 Å². The van der Waals surface area contributed by atoms with Gasteiger partial charge in [-0.1, -0.05) is 11.6 Å². The highest BCUT2D eigenvalue weighted by Gasteiger charge is 2.19. The van der Waals surface area contributed by atoms with E-state index in [9.17, 15) is 13.2 Å². The Hall–Kier alpha value is -2.43. The van der Waals surface area contributed by atoms with Gasteiger partial charge in [0.25, 0.3) is 15.9 Å². The number of rotatable bonds is 5. The monoisotopic (exact) mass is 411 g/mol. The minimum Gasteiger partial charge on any atom is -0.321 e. The third kappa shape index (κ3) is 3.71. The summed E-state index contributed by atoms with van der Waals surface area (Å²) in [5.41, 5.74) is 1.21. The zero-order valence-electron chi connectivity index (χ0n) is 13.7. The van der Waals surface area contributed by atoms with Crippen LogP contribution in [0.3, 0.4) is 0 Å². The van der Waals surface area contributed by atoms with Gasteiger partial charge < -0.3 is 5.32 Å². The van der Waals surface area contributed by atoms with Gasteiger partial charge in [0, 0.05) is 24.3 Å². The summed E-state index contributed by atoms with van der Waals surface area (Å²) in [6.45, 7) is 1.70. The molecule has 0 radical (unpaired) electrons. The van der Waals surface area contributed by atoms with Crippen LogP contribution >= 0.6 is 22.9 Å². The lowest BCUT2D eigenvalue weighted by atomic mass is 10.3. The van der Waals surface area contributed by atoms with Crippen molar-refractivity contribution in [3.05, 3.63) is 52.3 Å². The van der Waals surface area contributed by atoms with Crippen molar-refractivity contribution in [3.8, 4) is 0 Å². The van der Waals surface area contributed by atoms with Crippen molar-refractivity contribution in [3.63, 3.8) is 0 Å². The Morgan fingerprint density at radius 3 is 2.50 bits per heavy atom. The molecule has 0 saturated heterocycles. The Balaban J connectivity index is 1.76. The number of benzene rings is 1. The van der Waals surface area contributed by atoms with Crippen LogP contribution in [0.1, 0.15) is 16.2 Å². The standard InChI is InChI=1S/C15H14ClN5O3S2/c1-9-12(16)13(21(2)19-9)14(22)18-10-3-5-11(6-4-10)26(23,24)20-15-17-7-8-25-15/h3-8H,1-2H3,(H,17,20)(H,18,22). The predicted octanol–water partition coefficient (Wildman–Crippen LogP) is 2.89. The smallest absolute Gasteiger partial charge is 0.275 e. The van der Waals surface area contributed by atoms with Gasteiger partial charge in [-0.05, 0) is 31.2 Å². The lowest BCUT2D eigenvalue weighted by Crippen LogP contribution is -2.17. The van der Waals surface area contributed by atoms with Crippen LogP contribution in [-0.4, -0.2) is 29.1 Å². The number of nitrogens with zero attached hydrogens (tertiary/aromatic N) is 3. The molecule has 1 aromatic carbocycles. The average molecular weight is 412 g/mol. The fraction of sp³-hybridized carbons (Fsp3) is 0.133. The summed E-state index contributed by atoms with van der Waals surface area (Å²) in [5, 5.41) is 8.98. The van der Waals surface area contributed by atoms with E-state index in [1.165, 1.54) is 46.5 Å². The summed E-state index contributed by atoms with van der Waals surface area (Å²) in [7, 11) is -2.12. The molecule has 3 aromatic rings. The van der Waals surface area contributed by atoms with E-state index in [0.29, 0.717) is 11.4 Å². The van der Waals surface area contributed by atoms with E-state index in [2.05, 4.69) is 20.1 Å². The molecule has 0 saturated carbocycles. The van der Waals surface area contributed by atoms with Crippen LogP contribution < -0.4 is 10.0 Å². The number of carbonyl (C=O) groups excluding carboxylic acids is 1. The molecule has 0 fully saturated rings. The number of hydrogen-bond acceptors (Lipinski definition) is 6. The van der Waals surface area contributed by atoms with Crippen molar-refractivity contribution in [2.24, 2.45) is 7.05 Å². The largest absolute Gasteiger partial charge is 0.321 e. The Bertz CT molecular complexity index is 1040. The van der Waals surface area contributed by atoms with E-state index in [-0.39, 0.29) is 20.7 Å². The Morgan fingerprint density at radius 1 is 1.27 bits per heavy atom. The molecule has 0 aliphatic carbocycles. The Kier molecular flexibility index (Phi) is 4.99. The minimum atomic E-state index is -3.74. The number of hydrogen-bond donors (Lipinski definition) is 2. The minimum absolute atomic E-state index is 0.0557. The van der Waals surface area contributed by atoms with E-state index < -0.39 is 15.9 Å². The highest BCUT2D eigenvalue weighted by molar-refractivity contribution is 7.93. The third-order valence-electron chi connectivity index (χ3n) is 3.44. The number of amides is 1.